The van der Waals surface area contributed by atoms with Crippen LogP contribution in [0.5, 0.6) is 0 Å². The highest BCUT2D eigenvalue weighted by Crippen LogP contribution is 2.15. The third kappa shape index (κ3) is 1.94. The lowest BCUT2D eigenvalue weighted by molar-refractivity contribution is 1.09. The molecule has 0 N–H and O–H groups in total. The van der Waals surface area contributed by atoms with Crippen LogP contribution in [-0.2, 0) is 0 Å². The lowest BCUT2D eigenvalue weighted by atomic mass is 10.1. The Kier molecular flexibility index (Phi) is 2.61. The monoisotopic (exact) mass is 195 g/mol. The third-order valence-corrected chi connectivity index (χ3v) is 2.05. The van der Waals surface area contributed by atoms with Gasteiger partial charge in [0.25, 0.3) is 0 Å². The Balaban J connectivity index is 2.48. The van der Waals surface area contributed by atoms with Crippen LogP contribution >= 0.6 is 0 Å². The standard InChI is InChI=1S/C12H9N3/c13-7-6-12(15-9-8-14-10-15)11-4-2-1-3-5-11/h1-6,8-10H/b12-6+. The van der Waals surface area contributed by atoms with Gasteiger partial charge in [0.05, 0.1) is 18.1 Å². The SMILES string of the molecule is N#C/C=C(\c1ccccc1)n1ccnc1. The fourth-order valence-electron chi connectivity index (χ4n) is 1.38. The Morgan fingerprint density at radius 3 is 2.73 bits per heavy atom. The van der Waals surface area contributed by atoms with Gasteiger partial charge in [-0.15, -0.1) is 0 Å². The smallest absolute Gasteiger partial charge is 0.0992 e. The molecule has 1 aromatic heterocycles. The molecule has 2 rings (SSSR count). The number of benzene rings is 1. The van der Waals surface area contributed by atoms with Gasteiger partial charge in [0, 0.05) is 18.5 Å². The molecule has 15 heavy (non-hydrogen) atoms. The van der Waals surface area contributed by atoms with Crippen LogP contribution in [0.4, 0.5) is 0 Å². The highest BCUT2D eigenvalue weighted by atomic mass is 15.0. The van der Waals surface area contributed by atoms with E-state index >= 15 is 0 Å². The van der Waals surface area contributed by atoms with Crippen molar-refractivity contribution in [3.8, 4) is 6.07 Å². The minimum absolute atomic E-state index is 0.829. The molecule has 72 valence electrons. The van der Waals surface area contributed by atoms with Gasteiger partial charge in [0.15, 0.2) is 0 Å². The number of nitriles is 1. The molecule has 0 amide bonds. The number of aromatic nitrogens is 2. The summed E-state index contributed by atoms with van der Waals surface area (Å²) in [5.74, 6) is 0. The van der Waals surface area contributed by atoms with Gasteiger partial charge >= 0.3 is 0 Å². The molecule has 0 saturated carbocycles. The zero-order valence-electron chi connectivity index (χ0n) is 8.04. The van der Waals surface area contributed by atoms with Gasteiger partial charge in [-0.3, -0.25) is 0 Å². The second-order valence-electron chi connectivity index (χ2n) is 2.99. The molecule has 0 bridgehead atoms. The first kappa shape index (κ1) is 9.22. The summed E-state index contributed by atoms with van der Waals surface area (Å²) >= 11 is 0. The van der Waals surface area contributed by atoms with Crippen molar-refractivity contribution in [2.24, 2.45) is 0 Å². The van der Waals surface area contributed by atoms with Crippen LogP contribution in [0.15, 0.2) is 55.1 Å². The molecule has 0 aliphatic rings. The van der Waals surface area contributed by atoms with Gasteiger partial charge in [0.1, 0.15) is 0 Å². The summed E-state index contributed by atoms with van der Waals surface area (Å²) in [5.41, 5.74) is 1.83. The fourth-order valence-corrected chi connectivity index (χ4v) is 1.38. The number of rotatable bonds is 2. The summed E-state index contributed by atoms with van der Waals surface area (Å²) in [4.78, 5) is 3.96. The third-order valence-electron chi connectivity index (χ3n) is 2.05. The molecule has 0 atom stereocenters. The molecule has 0 saturated heterocycles. The van der Waals surface area contributed by atoms with Crippen LogP contribution in [0.3, 0.4) is 0 Å². The maximum atomic E-state index is 8.74. The Morgan fingerprint density at radius 2 is 2.13 bits per heavy atom. The van der Waals surface area contributed by atoms with Gasteiger partial charge in [-0.05, 0) is 5.56 Å². The predicted octanol–water partition coefficient (Wildman–Crippen LogP) is 2.30. The highest BCUT2D eigenvalue weighted by molar-refractivity contribution is 5.67. The first-order valence-corrected chi connectivity index (χ1v) is 4.55. The Labute approximate surface area is 87.9 Å². The summed E-state index contributed by atoms with van der Waals surface area (Å²) in [6.07, 6.45) is 6.69. The summed E-state index contributed by atoms with van der Waals surface area (Å²) in [6, 6.07) is 11.8. The molecule has 0 radical (unpaired) electrons. The molecule has 1 heterocycles. The normalized spacial score (nSPS) is 11.0. The van der Waals surface area contributed by atoms with Crippen LogP contribution in [0.2, 0.25) is 0 Å². The summed E-state index contributed by atoms with van der Waals surface area (Å²) in [5, 5.41) is 8.74. The van der Waals surface area contributed by atoms with Gasteiger partial charge < -0.3 is 4.57 Å². The van der Waals surface area contributed by atoms with Crippen LogP contribution in [0.25, 0.3) is 5.70 Å². The molecule has 0 unspecified atom stereocenters. The number of hydrogen-bond donors (Lipinski definition) is 0. The largest absolute Gasteiger partial charge is 0.305 e. The van der Waals surface area contributed by atoms with E-state index < -0.39 is 0 Å². The van der Waals surface area contributed by atoms with E-state index in [1.165, 1.54) is 6.08 Å². The van der Waals surface area contributed by atoms with E-state index in [9.17, 15) is 0 Å². The van der Waals surface area contributed by atoms with E-state index in [0.29, 0.717) is 0 Å². The van der Waals surface area contributed by atoms with Crippen molar-refractivity contribution in [2.45, 2.75) is 0 Å². The first-order valence-electron chi connectivity index (χ1n) is 4.55. The molecular weight excluding hydrogens is 186 g/mol. The summed E-state index contributed by atoms with van der Waals surface area (Å²) in [7, 11) is 0. The van der Waals surface area contributed by atoms with Crippen molar-refractivity contribution >= 4 is 5.70 Å². The quantitative estimate of drug-likeness (QED) is 0.690. The molecule has 0 aliphatic carbocycles. The molecule has 3 heteroatoms. The van der Waals surface area contributed by atoms with E-state index in [1.54, 1.807) is 12.5 Å². The van der Waals surface area contributed by atoms with Crippen molar-refractivity contribution in [2.75, 3.05) is 0 Å². The second kappa shape index (κ2) is 4.25. The van der Waals surface area contributed by atoms with Crippen LogP contribution < -0.4 is 0 Å². The predicted molar refractivity (Wildman–Crippen MR) is 57.7 cm³/mol. The number of nitrogens with zero attached hydrogens (tertiary/aromatic N) is 3. The minimum Gasteiger partial charge on any atom is -0.305 e. The maximum Gasteiger partial charge on any atom is 0.0992 e. The van der Waals surface area contributed by atoms with Crippen molar-refractivity contribution in [3.05, 3.63) is 60.7 Å². The Bertz CT molecular complexity index is 489. The van der Waals surface area contributed by atoms with Crippen molar-refractivity contribution in [1.82, 2.24) is 9.55 Å². The molecule has 2 aromatic rings. The average molecular weight is 195 g/mol. The van der Waals surface area contributed by atoms with E-state index in [0.717, 1.165) is 11.3 Å². The second-order valence-corrected chi connectivity index (χ2v) is 2.99. The molecule has 0 aliphatic heterocycles. The molecule has 1 aromatic carbocycles. The van der Waals surface area contributed by atoms with Crippen LogP contribution in [-0.4, -0.2) is 9.55 Å². The van der Waals surface area contributed by atoms with Crippen LogP contribution in [0, 0.1) is 11.3 Å². The summed E-state index contributed by atoms with van der Waals surface area (Å²) in [6.45, 7) is 0. The highest BCUT2D eigenvalue weighted by Gasteiger charge is 2.01. The lowest BCUT2D eigenvalue weighted by Crippen LogP contribution is -1.95. The first-order chi connectivity index (χ1) is 7.42. The van der Waals surface area contributed by atoms with Crippen molar-refractivity contribution < 1.29 is 0 Å². The lowest BCUT2D eigenvalue weighted by Gasteiger charge is -2.06. The molecule has 0 fully saturated rings. The van der Waals surface area contributed by atoms with Gasteiger partial charge in [-0.1, -0.05) is 30.3 Å². The van der Waals surface area contributed by atoms with Gasteiger partial charge in [0.2, 0.25) is 0 Å². The molecule has 0 spiro atoms. The average Bonchev–Trinajstić information content (AvgIpc) is 2.80. The molecular formula is C12H9N3. The zero-order chi connectivity index (χ0) is 10.5. The zero-order valence-corrected chi connectivity index (χ0v) is 8.04. The van der Waals surface area contributed by atoms with Crippen molar-refractivity contribution in [1.29, 1.82) is 5.26 Å². The van der Waals surface area contributed by atoms with Gasteiger partial charge in [-0.25, -0.2) is 4.98 Å². The van der Waals surface area contributed by atoms with E-state index in [1.807, 2.05) is 47.2 Å². The summed E-state index contributed by atoms with van der Waals surface area (Å²) < 4.78 is 1.82. The Morgan fingerprint density at radius 1 is 1.33 bits per heavy atom. The number of hydrogen-bond acceptors (Lipinski definition) is 2. The fraction of sp³-hybridized carbons (Fsp3) is 0. The van der Waals surface area contributed by atoms with Crippen molar-refractivity contribution in [3.63, 3.8) is 0 Å². The maximum absolute atomic E-state index is 8.74. The van der Waals surface area contributed by atoms with E-state index in [-0.39, 0.29) is 0 Å². The minimum atomic E-state index is 0.829. The molecule has 3 nitrogen and oxygen atoms in total. The van der Waals surface area contributed by atoms with Gasteiger partial charge in [-0.2, -0.15) is 5.26 Å². The van der Waals surface area contributed by atoms with E-state index in [2.05, 4.69) is 4.98 Å². The van der Waals surface area contributed by atoms with E-state index in [4.69, 9.17) is 5.26 Å². The topological polar surface area (TPSA) is 41.6 Å². The van der Waals surface area contributed by atoms with Crippen LogP contribution in [0.1, 0.15) is 5.56 Å². The number of allylic oxidation sites excluding steroid dienone is 1. The number of imidazole rings is 1. The Hall–Kier alpha value is -2.34.